The van der Waals surface area contributed by atoms with E-state index < -0.39 is 6.04 Å². The molecule has 0 saturated carbocycles. The molecule has 0 bridgehead atoms. The van der Waals surface area contributed by atoms with Crippen LogP contribution in [0.4, 0.5) is 0 Å². The van der Waals surface area contributed by atoms with Crippen LogP contribution < -0.4 is 5.73 Å². The van der Waals surface area contributed by atoms with Gasteiger partial charge in [0.15, 0.2) is 0 Å². The molecular weight excluding hydrogens is 304 g/mol. The molecule has 1 aromatic rings. The molecular formula is C18H28N4O2. The summed E-state index contributed by atoms with van der Waals surface area (Å²) in [5.74, 6) is -0.0533. The quantitative estimate of drug-likeness (QED) is 0.845. The van der Waals surface area contributed by atoms with E-state index in [-0.39, 0.29) is 23.8 Å². The third-order valence-corrected chi connectivity index (χ3v) is 4.63. The molecule has 2 atom stereocenters. The Kier molecular flexibility index (Phi) is 6.31. The van der Waals surface area contributed by atoms with Crippen LogP contribution >= 0.6 is 0 Å². The summed E-state index contributed by atoms with van der Waals surface area (Å²) >= 11 is 0. The molecule has 0 radical (unpaired) electrons. The van der Waals surface area contributed by atoms with Crippen LogP contribution in [-0.2, 0) is 16.0 Å². The van der Waals surface area contributed by atoms with Gasteiger partial charge in [-0.05, 0) is 30.9 Å². The smallest absolute Gasteiger partial charge is 0.245 e. The first-order valence-electron chi connectivity index (χ1n) is 8.62. The maximum Gasteiger partial charge on any atom is 0.245 e. The number of hydrogen-bond donors (Lipinski definition) is 1. The van der Waals surface area contributed by atoms with E-state index in [9.17, 15) is 9.59 Å². The number of likely N-dealkylation sites (N-methyl/N-ethyl adjacent to an activating group) is 1. The van der Waals surface area contributed by atoms with Gasteiger partial charge in [-0.15, -0.1) is 0 Å². The summed E-state index contributed by atoms with van der Waals surface area (Å²) in [6, 6.07) is 4.84. The largest absolute Gasteiger partial charge is 0.344 e. The van der Waals surface area contributed by atoms with Crippen molar-refractivity contribution in [2.75, 3.05) is 20.1 Å². The summed E-state index contributed by atoms with van der Waals surface area (Å²) in [6.07, 6.45) is 4.02. The lowest BCUT2D eigenvalue weighted by Crippen LogP contribution is -2.53. The molecule has 2 rings (SSSR count). The predicted octanol–water partition coefficient (Wildman–Crippen LogP) is 1.06. The van der Waals surface area contributed by atoms with Gasteiger partial charge in [0.05, 0.1) is 6.04 Å². The van der Waals surface area contributed by atoms with E-state index in [1.165, 1.54) is 0 Å². The second-order valence-corrected chi connectivity index (χ2v) is 6.79. The summed E-state index contributed by atoms with van der Waals surface area (Å²) in [5.41, 5.74) is 6.95. The Labute approximate surface area is 144 Å². The topological polar surface area (TPSA) is 79.5 Å². The molecule has 1 unspecified atom stereocenters. The summed E-state index contributed by atoms with van der Waals surface area (Å²) in [4.78, 5) is 32.9. The lowest BCUT2D eigenvalue weighted by atomic mass is 10.0. The second-order valence-electron chi connectivity index (χ2n) is 6.79. The van der Waals surface area contributed by atoms with Crippen molar-refractivity contribution in [2.24, 2.45) is 11.7 Å². The van der Waals surface area contributed by atoms with Crippen molar-refractivity contribution in [3.05, 3.63) is 30.1 Å². The normalized spacial score (nSPS) is 18.7. The van der Waals surface area contributed by atoms with Crippen LogP contribution in [0.15, 0.2) is 24.4 Å². The van der Waals surface area contributed by atoms with Gasteiger partial charge >= 0.3 is 0 Å². The third kappa shape index (κ3) is 4.32. The molecule has 0 aromatic carbocycles. The van der Waals surface area contributed by atoms with Crippen molar-refractivity contribution in [3.8, 4) is 0 Å². The van der Waals surface area contributed by atoms with Gasteiger partial charge in [0.2, 0.25) is 11.8 Å². The first-order chi connectivity index (χ1) is 11.4. The Hall–Kier alpha value is -1.95. The van der Waals surface area contributed by atoms with E-state index in [1.807, 2.05) is 32.0 Å². The van der Waals surface area contributed by atoms with Crippen molar-refractivity contribution in [1.29, 1.82) is 0 Å². The van der Waals surface area contributed by atoms with Crippen LogP contribution in [0.3, 0.4) is 0 Å². The first-order valence-corrected chi connectivity index (χ1v) is 8.62. The Morgan fingerprint density at radius 2 is 2.17 bits per heavy atom. The SMILES string of the molecule is CC(C)C(N)C(=O)N1CCC[C@H]1C(=O)N(C)CCc1ccccn1. The number of rotatable bonds is 6. The highest BCUT2D eigenvalue weighted by Crippen LogP contribution is 2.21. The van der Waals surface area contributed by atoms with Gasteiger partial charge in [0, 0.05) is 38.4 Å². The molecule has 2 heterocycles. The zero-order chi connectivity index (χ0) is 17.7. The lowest BCUT2D eigenvalue weighted by Gasteiger charge is -2.30. The summed E-state index contributed by atoms with van der Waals surface area (Å²) < 4.78 is 0. The molecule has 1 saturated heterocycles. The van der Waals surface area contributed by atoms with E-state index in [4.69, 9.17) is 5.73 Å². The van der Waals surface area contributed by atoms with Crippen LogP contribution in [0.1, 0.15) is 32.4 Å². The zero-order valence-corrected chi connectivity index (χ0v) is 14.8. The van der Waals surface area contributed by atoms with E-state index in [2.05, 4.69) is 4.98 Å². The Morgan fingerprint density at radius 1 is 1.42 bits per heavy atom. The molecule has 0 aliphatic carbocycles. The number of carbonyl (C=O) groups is 2. The minimum atomic E-state index is -0.544. The molecule has 2 amide bonds. The molecule has 6 heteroatoms. The summed E-state index contributed by atoms with van der Waals surface area (Å²) in [6.45, 7) is 5.05. The van der Waals surface area contributed by atoms with Gasteiger partial charge in [0.1, 0.15) is 6.04 Å². The third-order valence-electron chi connectivity index (χ3n) is 4.63. The predicted molar refractivity (Wildman–Crippen MR) is 93.1 cm³/mol. The number of nitrogens with two attached hydrogens (primary N) is 1. The zero-order valence-electron chi connectivity index (χ0n) is 14.8. The molecule has 6 nitrogen and oxygen atoms in total. The van der Waals surface area contributed by atoms with Gasteiger partial charge in [0.25, 0.3) is 0 Å². The summed E-state index contributed by atoms with van der Waals surface area (Å²) in [7, 11) is 1.79. The Balaban J connectivity index is 1.95. The van der Waals surface area contributed by atoms with E-state index in [1.54, 1.807) is 23.0 Å². The molecule has 24 heavy (non-hydrogen) atoms. The molecule has 1 fully saturated rings. The van der Waals surface area contributed by atoms with Crippen molar-refractivity contribution in [1.82, 2.24) is 14.8 Å². The number of nitrogens with zero attached hydrogens (tertiary/aromatic N) is 3. The van der Waals surface area contributed by atoms with Gasteiger partial charge < -0.3 is 15.5 Å². The first kappa shape index (κ1) is 18.4. The maximum absolute atomic E-state index is 12.7. The van der Waals surface area contributed by atoms with Gasteiger partial charge in [-0.25, -0.2) is 0 Å². The average Bonchev–Trinajstić information content (AvgIpc) is 3.08. The fourth-order valence-corrected chi connectivity index (χ4v) is 2.96. The average molecular weight is 332 g/mol. The second kappa shape index (κ2) is 8.24. The Morgan fingerprint density at radius 3 is 2.79 bits per heavy atom. The van der Waals surface area contributed by atoms with Gasteiger partial charge in [-0.2, -0.15) is 0 Å². The van der Waals surface area contributed by atoms with Crippen LogP contribution in [0, 0.1) is 5.92 Å². The van der Waals surface area contributed by atoms with Crippen LogP contribution in [0.2, 0.25) is 0 Å². The standard InChI is InChI=1S/C18H28N4O2/c1-13(2)16(19)18(24)22-11-6-8-15(22)17(23)21(3)12-9-14-7-4-5-10-20-14/h4-5,7,10,13,15-16H,6,8-9,11-12,19H2,1-3H3/t15-,16?/m0/s1. The van der Waals surface area contributed by atoms with Gasteiger partial charge in [-0.1, -0.05) is 19.9 Å². The maximum atomic E-state index is 12.7. The van der Waals surface area contributed by atoms with E-state index >= 15 is 0 Å². The molecule has 1 aliphatic rings. The minimum absolute atomic E-state index is 0.00672. The van der Waals surface area contributed by atoms with Crippen LogP contribution in [-0.4, -0.2) is 58.8 Å². The monoisotopic (exact) mass is 332 g/mol. The van der Waals surface area contributed by atoms with E-state index in [0.29, 0.717) is 25.9 Å². The number of amides is 2. The van der Waals surface area contributed by atoms with Crippen molar-refractivity contribution in [3.63, 3.8) is 0 Å². The van der Waals surface area contributed by atoms with Crippen LogP contribution in [0.5, 0.6) is 0 Å². The van der Waals surface area contributed by atoms with Crippen molar-refractivity contribution < 1.29 is 9.59 Å². The number of pyridine rings is 1. The highest BCUT2D eigenvalue weighted by molar-refractivity contribution is 5.90. The molecule has 2 N–H and O–H groups in total. The highest BCUT2D eigenvalue weighted by Gasteiger charge is 2.37. The molecule has 1 aromatic heterocycles. The number of carbonyl (C=O) groups excluding carboxylic acids is 2. The number of likely N-dealkylation sites (tertiary alicyclic amines) is 1. The number of hydrogen-bond acceptors (Lipinski definition) is 4. The molecule has 0 spiro atoms. The van der Waals surface area contributed by atoms with Gasteiger partial charge in [-0.3, -0.25) is 14.6 Å². The lowest BCUT2D eigenvalue weighted by molar-refractivity contribution is -0.144. The Bertz CT molecular complexity index is 561. The van der Waals surface area contributed by atoms with E-state index in [0.717, 1.165) is 12.1 Å². The molecule has 132 valence electrons. The van der Waals surface area contributed by atoms with Crippen molar-refractivity contribution >= 4 is 11.8 Å². The highest BCUT2D eigenvalue weighted by atomic mass is 16.2. The fraction of sp³-hybridized carbons (Fsp3) is 0.611. The summed E-state index contributed by atoms with van der Waals surface area (Å²) in [5, 5.41) is 0. The molecule has 1 aliphatic heterocycles. The fourth-order valence-electron chi connectivity index (χ4n) is 2.96. The minimum Gasteiger partial charge on any atom is -0.344 e. The number of aromatic nitrogens is 1. The van der Waals surface area contributed by atoms with Crippen molar-refractivity contribution in [2.45, 2.75) is 45.2 Å². The van der Waals surface area contributed by atoms with Crippen LogP contribution in [0.25, 0.3) is 0 Å².